The molecule has 5 aliphatic heterocycles. The lowest BCUT2D eigenvalue weighted by atomic mass is 9.91. The van der Waals surface area contributed by atoms with Gasteiger partial charge >= 0.3 is 0 Å². The summed E-state index contributed by atoms with van der Waals surface area (Å²) < 4.78 is 0. The zero-order valence-corrected chi connectivity index (χ0v) is 73.3. The number of nitrogens with one attached hydrogen (secondary N) is 13. The number of hydrogen-bond acceptors (Lipinski definition) is 18. The van der Waals surface area contributed by atoms with Crippen molar-refractivity contribution in [3.05, 3.63) is 0 Å². The predicted octanol–water partition coefficient (Wildman–Crippen LogP) is 1.65. The number of fused-ring (bicyclic) bond motifs is 1. The molecule has 0 spiro atoms. The molecule has 5 saturated heterocycles. The first kappa shape index (κ1) is 98.0. The minimum atomic E-state index is -1.67. The van der Waals surface area contributed by atoms with Crippen LogP contribution in [-0.4, -0.2) is 266 Å². The molecule has 5 heterocycles. The smallest absolute Gasteiger partial charge is 0.248 e. The number of piperidine rings is 3. The molecule has 656 valence electrons. The van der Waals surface area contributed by atoms with Crippen LogP contribution in [0.15, 0.2) is 0 Å². The maximum absolute atomic E-state index is 14.4. The molecule has 0 saturated carbocycles. The summed E-state index contributed by atoms with van der Waals surface area (Å²) in [5.74, 6) is -9.64. The van der Waals surface area contributed by atoms with Gasteiger partial charge in [-0.25, -0.2) is 0 Å². The van der Waals surface area contributed by atoms with E-state index in [0.717, 1.165) is 58.2 Å². The Labute approximate surface area is 687 Å². The van der Waals surface area contributed by atoms with Crippen LogP contribution in [0, 0.1) is 17.8 Å². The highest BCUT2D eigenvalue weighted by atomic mass is 16.2. The minimum Gasteiger partial charge on any atom is -0.354 e. The predicted molar refractivity (Wildman–Crippen MR) is 437 cm³/mol. The third kappa shape index (κ3) is 27.8. The number of rotatable bonds is 39. The highest BCUT2D eigenvalue weighted by Crippen LogP contribution is 2.29. The fourth-order valence-electron chi connectivity index (χ4n) is 15.6. The van der Waals surface area contributed by atoms with Crippen LogP contribution in [0.4, 0.5) is 0 Å². The molecule has 5 fully saturated rings. The van der Waals surface area contributed by atoms with Crippen molar-refractivity contribution in [2.45, 2.75) is 342 Å². The highest BCUT2D eigenvalue weighted by molar-refractivity contribution is 6.02. The van der Waals surface area contributed by atoms with Crippen LogP contribution in [0.3, 0.4) is 0 Å². The van der Waals surface area contributed by atoms with Gasteiger partial charge in [0.15, 0.2) is 0 Å². The second-order valence-corrected chi connectivity index (χ2v) is 36.9. The number of amides is 16. The van der Waals surface area contributed by atoms with Gasteiger partial charge in [-0.15, -0.1) is 0 Å². The van der Waals surface area contributed by atoms with E-state index in [1.54, 1.807) is 27.7 Å². The topological polar surface area (TPSA) is 446 Å². The summed E-state index contributed by atoms with van der Waals surface area (Å²) in [6, 6.07) is -5.17. The molecule has 9 atom stereocenters. The number of likely N-dealkylation sites (tertiary alicyclic amines) is 3. The van der Waals surface area contributed by atoms with Gasteiger partial charge in [-0.2, -0.15) is 0 Å². The molecule has 34 nitrogen and oxygen atoms in total. The molecule has 0 aromatic carbocycles. The summed E-state index contributed by atoms with van der Waals surface area (Å²) in [5, 5.41) is 35.7. The van der Waals surface area contributed by atoms with Crippen molar-refractivity contribution in [2.24, 2.45) is 17.8 Å². The van der Waals surface area contributed by atoms with Gasteiger partial charge in [0.05, 0.1) is 19.3 Å². The van der Waals surface area contributed by atoms with Crippen LogP contribution in [-0.2, 0) is 76.7 Å². The largest absolute Gasteiger partial charge is 0.354 e. The SMILES string of the molecule is CCC(C)(NC(=O)C(CC(C)C)NC(=O)CNC(=O)C(C)(C)NC(=O)[C@@H]1CCCCN1C(=O)C(C)(C)NC(=O)C(C)(C)NC(=O)CNC(=O)CCNC(=O)[C@H](CC(C)C)NC(=O)C(C)(C)NC(=O)C(C)(CC)NC(=O)[C@@H]1CCCCN1C(=O)C(C)(C)NC(=O)[C@@H]1CCCCN1C(C)=O)C(=O)NC(CC(C)C)CN1CCCN2CCCC21. The second kappa shape index (κ2) is 42.2. The summed E-state index contributed by atoms with van der Waals surface area (Å²) in [4.78, 5) is 230. The summed E-state index contributed by atoms with van der Waals surface area (Å²) in [5.41, 5.74) is -11.0. The molecule has 116 heavy (non-hydrogen) atoms. The first-order valence-corrected chi connectivity index (χ1v) is 42.2. The van der Waals surface area contributed by atoms with E-state index < -0.39 is 165 Å². The molecule has 0 aromatic heterocycles. The fourth-order valence-corrected chi connectivity index (χ4v) is 15.6. The molecule has 0 aromatic rings. The van der Waals surface area contributed by atoms with Gasteiger partial charge in [-0.05, 0) is 217 Å². The lowest BCUT2D eigenvalue weighted by molar-refractivity contribution is -0.151. The van der Waals surface area contributed by atoms with E-state index in [1.165, 1.54) is 83.9 Å². The van der Waals surface area contributed by atoms with E-state index in [-0.39, 0.29) is 94.3 Å². The van der Waals surface area contributed by atoms with Crippen LogP contribution in [0.5, 0.6) is 0 Å². The number of carbonyl (C=O) groups is 16. The van der Waals surface area contributed by atoms with Crippen molar-refractivity contribution in [3.8, 4) is 0 Å². The second-order valence-electron chi connectivity index (χ2n) is 36.9. The third-order valence-corrected chi connectivity index (χ3v) is 22.9. The van der Waals surface area contributed by atoms with Crippen LogP contribution >= 0.6 is 0 Å². The van der Waals surface area contributed by atoms with Gasteiger partial charge in [0.1, 0.15) is 69.0 Å². The van der Waals surface area contributed by atoms with E-state index >= 15 is 0 Å². The summed E-state index contributed by atoms with van der Waals surface area (Å²) >= 11 is 0. The van der Waals surface area contributed by atoms with Crippen molar-refractivity contribution >= 4 is 94.5 Å². The first-order valence-electron chi connectivity index (χ1n) is 42.2. The molecular formula is C82H142N18O16. The van der Waals surface area contributed by atoms with Gasteiger partial charge in [-0.3, -0.25) is 86.5 Å². The van der Waals surface area contributed by atoms with Gasteiger partial charge in [0.25, 0.3) is 0 Å². The van der Waals surface area contributed by atoms with Crippen LogP contribution in [0.1, 0.15) is 261 Å². The van der Waals surface area contributed by atoms with Crippen LogP contribution in [0.25, 0.3) is 0 Å². The molecule has 13 N–H and O–H groups in total. The Bertz CT molecular complexity index is 3540. The minimum absolute atomic E-state index is 0.0579. The van der Waals surface area contributed by atoms with E-state index in [1.807, 2.05) is 34.6 Å². The van der Waals surface area contributed by atoms with Crippen LogP contribution in [0.2, 0.25) is 0 Å². The van der Waals surface area contributed by atoms with Crippen molar-refractivity contribution in [1.82, 2.24) is 93.6 Å². The Morgan fingerprint density at radius 1 is 0.371 bits per heavy atom. The van der Waals surface area contributed by atoms with Crippen molar-refractivity contribution in [1.29, 1.82) is 0 Å². The van der Waals surface area contributed by atoms with E-state index in [2.05, 4.69) is 92.8 Å². The monoisotopic (exact) mass is 1640 g/mol. The molecule has 5 unspecified atom stereocenters. The molecule has 0 aliphatic carbocycles. The van der Waals surface area contributed by atoms with Crippen molar-refractivity contribution in [3.63, 3.8) is 0 Å². The lowest BCUT2D eigenvalue weighted by Crippen LogP contribution is -2.67. The zero-order valence-electron chi connectivity index (χ0n) is 73.3. The van der Waals surface area contributed by atoms with Gasteiger partial charge in [-0.1, -0.05) is 55.4 Å². The Morgan fingerprint density at radius 3 is 1.34 bits per heavy atom. The molecular weight excluding hydrogens is 1490 g/mol. The quantitative estimate of drug-likeness (QED) is 0.0416. The molecule has 34 heteroatoms. The number of carbonyl (C=O) groups excluding carboxylic acids is 16. The summed E-state index contributed by atoms with van der Waals surface area (Å²) in [7, 11) is 0. The number of hydrogen-bond donors (Lipinski definition) is 13. The Kier molecular flexibility index (Phi) is 35.7. The molecule has 5 aliphatic rings. The van der Waals surface area contributed by atoms with E-state index in [0.29, 0.717) is 57.3 Å². The molecule has 0 bridgehead atoms. The highest BCUT2D eigenvalue weighted by Gasteiger charge is 2.49. The average molecular weight is 1640 g/mol. The summed E-state index contributed by atoms with van der Waals surface area (Å²) in [6.45, 7) is 37.4. The van der Waals surface area contributed by atoms with Crippen LogP contribution < -0.4 is 69.1 Å². The Balaban J connectivity index is 1.08. The van der Waals surface area contributed by atoms with Gasteiger partial charge in [0.2, 0.25) is 94.5 Å². The Morgan fingerprint density at radius 2 is 0.819 bits per heavy atom. The summed E-state index contributed by atoms with van der Waals surface area (Å²) in [6.07, 6.45) is 9.53. The fraction of sp³-hybridized carbons (Fsp3) is 0.805. The standard InChI is InChI=1S/C82H142N18O16/c1-22-81(20,72(113)86-54(44-50(3)4)49-97-40-31-39-96-38-30-35-63(96)97)92-65(106)56(46-52(7)8)87-61(103)47-85-69(110)76(10,11)90-67(108)58-33-25-28-42-99(58)75(116)80(18,19)94-71(112)78(14,15)89-62(104)48-84-60(102)36-37-83-64(105)55(45-51(5)6)88-70(111)77(12,13)95-73(114)82(21,23-2)93-68(109)59-34-26-29-43-100(59)74(115)79(16,17)91-66(107)57-32-24-27-41-98(57)53(9)101/h50-52,54-59,63H,22-49H2,1-21H3,(H,83,105)(H,84,102)(H,85,110)(H,86,113)(H,87,103)(H,88,111)(H,89,104)(H,90,108)(H,91,107)(H,92,106)(H,93,109)(H,94,112)(H,95,114)/t54?,55-,56?,57-,58-,59-,63?,81?,82?/m0/s1. The van der Waals surface area contributed by atoms with E-state index in [9.17, 15) is 76.7 Å². The lowest BCUT2D eigenvalue weighted by Gasteiger charge is -2.42. The molecule has 16 amide bonds. The van der Waals surface area contributed by atoms with Gasteiger partial charge < -0.3 is 83.8 Å². The number of nitrogens with zero attached hydrogens (tertiary/aromatic N) is 5. The van der Waals surface area contributed by atoms with Crippen molar-refractivity contribution < 1.29 is 76.7 Å². The maximum Gasteiger partial charge on any atom is 0.248 e. The van der Waals surface area contributed by atoms with E-state index in [4.69, 9.17) is 0 Å². The first-order chi connectivity index (χ1) is 53.8. The molecule has 5 rings (SSSR count). The molecule has 0 radical (unpaired) electrons. The normalized spacial score (nSPS) is 20.4. The average Bonchev–Trinajstić information content (AvgIpc) is 1.06. The van der Waals surface area contributed by atoms with Gasteiger partial charge in [0, 0.05) is 65.2 Å². The Hall–Kier alpha value is -8.56. The zero-order chi connectivity index (χ0) is 87.4. The third-order valence-electron chi connectivity index (χ3n) is 22.9. The van der Waals surface area contributed by atoms with Crippen molar-refractivity contribution in [2.75, 3.05) is 65.4 Å². The maximum atomic E-state index is 14.4.